The molecular weight excluding hydrogens is 284 g/mol. The number of hydrogen-bond donors (Lipinski definition) is 4. The van der Waals surface area contributed by atoms with Crippen LogP contribution < -0.4 is 5.73 Å². The molecule has 0 spiro atoms. The molecule has 20 heavy (non-hydrogen) atoms. The van der Waals surface area contributed by atoms with Gasteiger partial charge in [-0.15, -0.1) is 0 Å². The number of anilines is 1. The molecule has 0 aliphatic rings. The molecule has 0 saturated heterocycles. The summed E-state index contributed by atoms with van der Waals surface area (Å²) < 4.78 is 1.03. The zero-order valence-corrected chi connectivity index (χ0v) is 11.3. The van der Waals surface area contributed by atoms with E-state index < -0.39 is 11.9 Å². The molecule has 0 saturated carbocycles. The number of carboxylic acids is 2. The smallest absolute Gasteiger partial charge is 0.303 e. The van der Waals surface area contributed by atoms with Crippen molar-refractivity contribution in [3.63, 3.8) is 0 Å². The normalized spacial score (nSPS) is 9.85. The number of aliphatic carboxylic acids is 2. The molecule has 1 heterocycles. The van der Waals surface area contributed by atoms with Crippen LogP contribution in [-0.2, 0) is 16.2 Å². The van der Waals surface area contributed by atoms with Crippen LogP contribution in [0.3, 0.4) is 0 Å². The summed E-state index contributed by atoms with van der Waals surface area (Å²) in [6.07, 6.45) is -0.593. The lowest BCUT2D eigenvalue weighted by Crippen LogP contribution is -2.00. The number of nitrogens with zero attached hydrogens (tertiary/aromatic N) is 1. The van der Waals surface area contributed by atoms with Crippen LogP contribution in [0.4, 0.5) is 5.13 Å². The van der Waals surface area contributed by atoms with Crippen molar-refractivity contribution in [1.29, 1.82) is 0 Å². The Hall–Kier alpha value is -2.19. The third-order valence-corrected chi connectivity index (χ3v) is 3.09. The molecule has 0 radical (unpaired) electrons. The van der Waals surface area contributed by atoms with Gasteiger partial charge in [0, 0.05) is 5.56 Å². The van der Waals surface area contributed by atoms with Crippen LogP contribution in [0.1, 0.15) is 18.4 Å². The van der Waals surface area contributed by atoms with E-state index in [-0.39, 0.29) is 19.4 Å². The number of benzene rings is 1. The Morgan fingerprint density at radius 1 is 1.20 bits per heavy atom. The molecule has 108 valence electrons. The average molecular weight is 298 g/mol. The third kappa shape index (κ3) is 4.82. The van der Waals surface area contributed by atoms with Gasteiger partial charge in [-0.05, 0) is 6.07 Å². The first-order valence-corrected chi connectivity index (χ1v) is 6.44. The number of nitrogens with two attached hydrogens (primary N) is 1. The largest absolute Gasteiger partial charge is 0.481 e. The van der Waals surface area contributed by atoms with Crippen molar-refractivity contribution >= 4 is 38.6 Å². The molecule has 0 aliphatic heterocycles. The van der Waals surface area contributed by atoms with Gasteiger partial charge in [-0.3, -0.25) is 9.59 Å². The van der Waals surface area contributed by atoms with Crippen molar-refractivity contribution in [2.24, 2.45) is 0 Å². The number of rotatable bonds is 4. The highest BCUT2D eigenvalue weighted by molar-refractivity contribution is 7.22. The summed E-state index contributed by atoms with van der Waals surface area (Å²) in [5, 5.41) is 25.3. The number of fused-ring (bicyclic) bond motifs is 1. The zero-order chi connectivity index (χ0) is 15.1. The van der Waals surface area contributed by atoms with Gasteiger partial charge in [0.1, 0.15) is 0 Å². The first-order valence-electron chi connectivity index (χ1n) is 5.62. The zero-order valence-electron chi connectivity index (χ0n) is 10.4. The van der Waals surface area contributed by atoms with Gasteiger partial charge >= 0.3 is 11.9 Å². The van der Waals surface area contributed by atoms with Crippen LogP contribution in [0, 0.1) is 0 Å². The summed E-state index contributed by atoms with van der Waals surface area (Å²) in [4.78, 5) is 23.4. The third-order valence-electron chi connectivity index (χ3n) is 2.24. The van der Waals surface area contributed by atoms with Gasteiger partial charge in [0.2, 0.25) is 0 Å². The van der Waals surface area contributed by atoms with Crippen molar-refractivity contribution in [2.75, 3.05) is 5.73 Å². The maximum atomic E-state index is 9.64. The van der Waals surface area contributed by atoms with Gasteiger partial charge in [0.05, 0.1) is 29.7 Å². The minimum Gasteiger partial charge on any atom is -0.481 e. The average Bonchev–Trinajstić information content (AvgIpc) is 2.77. The SMILES string of the molecule is Nc1nc2c(CO)cccc2s1.O=C(O)CCC(=O)O. The molecule has 1 aromatic carbocycles. The summed E-state index contributed by atoms with van der Waals surface area (Å²) >= 11 is 1.44. The van der Waals surface area contributed by atoms with Crippen LogP contribution in [-0.4, -0.2) is 32.2 Å². The number of carbonyl (C=O) groups is 2. The van der Waals surface area contributed by atoms with E-state index in [0.717, 1.165) is 15.8 Å². The highest BCUT2D eigenvalue weighted by atomic mass is 32.1. The number of carboxylic acid groups (broad SMARTS) is 2. The van der Waals surface area contributed by atoms with E-state index in [1.54, 1.807) is 0 Å². The topological polar surface area (TPSA) is 134 Å². The number of thiazole rings is 1. The maximum Gasteiger partial charge on any atom is 0.303 e. The standard InChI is InChI=1S/C8H8N2OS.C4H6O4/c9-8-10-7-5(4-11)2-1-3-6(7)12-8;5-3(6)1-2-4(7)8/h1-3,11H,4H2,(H2,9,10);1-2H2,(H,5,6)(H,7,8). The molecule has 0 atom stereocenters. The second kappa shape index (κ2) is 7.41. The molecule has 2 rings (SSSR count). The number of aliphatic hydroxyl groups excluding tert-OH is 1. The van der Waals surface area contributed by atoms with Crippen molar-refractivity contribution in [1.82, 2.24) is 4.98 Å². The fourth-order valence-corrected chi connectivity index (χ4v) is 2.15. The Morgan fingerprint density at radius 3 is 2.30 bits per heavy atom. The Labute approximate surface area is 118 Å². The molecule has 8 heteroatoms. The molecule has 0 aliphatic carbocycles. The molecular formula is C12H14N2O5S. The van der Waals surface area contributed by atoms with Crippen LogP contribution in [0.15, 0.2) is 18.2 Å². The number of para-hydroxylation sites is 1. The number of aliphatic hydroxyl groups is 1. The van der Waals surface area contributed by atoms with E-state index in [1.165, 1.54) is 11.3 Å². The minimum atomic E-state index is -1.08. The Kier molecular flexibility index (Phi) is 5.88. The first kappa shape index (κ1) is 15.9. The van der Waals surface area contributed by atoms with Gasteiger partial charge in [0.15, 0.2) is 5.13 Å². The summed E-state index contributed by atoms with van der Waals surface area (Å²) in [6, 6.07) is 5.69. The number of hydrogen-bond acceptors (Lipinski definition) is 6. The molecule has 0 unspecified atom stereocenters. The predicted molar refractivity (Wildman–Crippen MR) is 74.5 cm³/mol. The first-order chi connectivity index (χ1) is 9.43. The van der Waals surface area contributed by atoms with E-state index in [2.05, 4.69) is 4.98 Å². The van der Waals surface area contributed by atoms with Crippen molar-refractivity contribution in [2.45, 2.75) is 19.4 Å². The number of aromatic nitrogens is 1. The van der Waals surface area contributed by atoms with Gasteiger partial charge < -0.3 is 21.1 Å². The lowest BCUT2D eigenvalue weighted by atomic mass is 10.2. The monoisotopic (exact) mass is 298 g/mol. The summed E-state index contributed by atoms with van der Waals surface area (Å²) in [6.45, 7) is 0.0144. The van der Waals surface area contributed by atoms with Crippen molar-refractivity contribution in [3.05, 3.63) is 23.8 Å². The molecule has 0 fully saturated rings. The van der Waals surface area contributed by atoms with Gasteiger partial charge in [-0.1, -0.05) is 23.5 Å². The van der Waals surface area contributed by atoms with Crippen LogP contribution in [0.5, 0.6) is 0 Å². The molecule has 7 nitrogen and oxygen atoms in total. The molecule has 0 amide bonds. The van der Waals surface area contributed by atoms with Crippen LogP contribution >= 0.6 is 11.3 Å². The molecule has 1 aromatic heterocycles. The lowest BCUT2D eigenvalue weighted by molar-refractivity contribution is -0.143. The van der Waals surface area contributed by atoms with E-state index in [1.807, 2.05) is 18.2 Å². The second-order valence-electron chi connectivity index (χ2n) is 3.76. The number of nitrogen functional groups attached to an aromatic ring is 1. The Bertz CT molecular complexity index is 597. The summed E-state index contributed by atoms with van der Waals surface area (Å²) in [5.74, 6) is -2.15. The van der Waals surface area contributed by atoms with Gasteiger partial charge in [-0.25, -0.2) is 4.98 Å². The van der Waals surface area contributed by atoms with E-state index >= 15 is 0 Å². The Morgan fingerprint density at radius 2 is 1.80 bits per heavy atom. The quantitative estimate of drug-likeness (QED) is 0.668. The lowest BCUT2D eigenvalue weighted by Gasteiger charge is -1.94. The fraction of sp³-hybridized carbons (Fsp3) is 0.250. The summed E-state index contributed by atoms with van der Waals surface area (Å²) in [5.41, 5.74) is 7.20. The maximum absolute atomic E-state index is 9.64. The molecule has 2 aromatic rings. The highest BCUT2D eigenvalue weighted by Crippen LogP contribution is 2.25. The molecule has 5 N–H and O–H groups in total. The van der Waals surface area contributed by atoms with Crippen LogP contribution in [0.2, 0.25) is 0 Å². The van der Waals surface area contributed by atoms with E-state index in [4.69, 9.17) is 21.1 Å². The van der Waals surface area contributed by atoms with Crippen molar-refractivity contribution in [3.8, 4) is 0 Å². The Balaban J connectivity index is 0.000000221. The summed E-state index contributed by atoms with van der Waals surface area (Å²) in [7, 11) is 0. The minimum absolute atomic E-state index is 0.0144. The van der Waals surface area contributed by atoms with Gasteiger partial charge in [0.25, 0.3) is 0 Å². The van der Waals surface area contributed by atoms with Crippen molar-refractivity contribution < 1.29 is 24.9 Å². The second-order valence-corrected chi connectivity index (χ2v) is 4.82. The van der Waals surface area contributed by atoms with E-state index in [9.17, 15) is 9.59 Å². The van der Waals surface area contributed by atoms with Gasteiger partial charge in [-0.2, -0.15) is 0 Å². The van der Waals surface area contributed by atoms with Crippen LogP contribution in [0.25, 0.3) is 10.2 Å². The molecule has 0 bridgehead atoms. The van der Waals surface area contributed by atoms with E-state index in [0.29, 0.717) is 5.13 Å². The predicted octanol–water partition coefficient (Wildman–Crippen LogP) is 1.31. The fourth-order valence-electron chi connectivity index (χ4n) is 1.36. The highest BCUT2D eigenvalue weighted by Gasteiger charge is 2.04.